The van der Waals surface area contributed by atoms with Crippen LogP contribution in [0.5, 0.6) is 0 Å². The number of hydrogen-bond acceptors (Lipinski definition) is 9. The molecule has 0 aromatic carbocycles. The van der Waals surface area contributed by atoms with Crippen LogP contribution in [0.1, 0.15) is 22.2 Å². The van der Waals surface area contributed by atoms with Crippen LogP contribution >= 0.6 is 11.3 Å². The Balaban J connectivity index is 1.67. The molecule has 0 aliphatic rings. The van der Waals surface area contributed by atoms with E-state index in [0.717, 1.165) is 22.0 Å². The highest BCUT2D eigenvalue weighted by Gasteiger charge is 2.38. The molecule has 4 heterocycles. The van der Waals surface area contributed by atoms with Gasteiger partial charge in [-0.2, -0.15) is 18.2 Å². The van der Waals surface area contributed by atoms with Crippen molar-refractivity contribution in [2.24, 2.45) is 0 Å². The molecule has 8 nitrogen and oxygen atoms in total. The van der Waals surface area contributed by atoms with Crippen molar-refractivity contribution in [3.05, 3.63) is 59.2 Å². The third-order valence-electron chi connectivity index (χ3n) is 4.15. The molecule has 0 radical (unpaired) electrons. The lowest BCUT2D eigenvalue weighted by Gasteiger charge is -2.25. The molecule has 4 aromatic rings. The molecule has 4 rings (SSSR count). The van der Waals surface area contributed by atoms with Crippen molar-refractivity contribution in [2.75, 3.05) is 4.90 Å². The van der Waals surface area contributed by atoms with Gasteiger partial charge in [0.15, 0.2) is 5.82 Å². The SMILES string of the molecule is Cc1ncnc(C)c1N(Cc1ccc(-c2noc(C(F)(F)F)n2)s1)c1cnccn1. The summed E-state index contributed by atoms with van der Waals surface area (Å²) in [5.41, 5.74) is 2.31. The highest BCUT2D eigenvalue weighted by molar-refractivity contribution is 7.15. The molecule has 0 unspecified atom stereocenters. The van der Waals surface area contributed by atoms with Gasteiger partial charge in [-0.05, 0) is 26.0 Å². The maximum atomic E-state index is 12.7. The van der Waals surface area contributed by atoms with Crippen molar-refractivity contribution >= 4 is 22.8 Å². The first kappa shape index (κ1) is 19.9. The fourth-order valence-corrected chi connectivity index (χ4v) is 3.78. The lowest BCUT2D eigenvalue weighted by Crippen LogP contribution is -2.20. The summed E-state index contributed by atoms with van der Waals surface area (Å²) in [4.78, 5) is 23.7. The highest BCUT2D eigenvalue weighted by atomic mass is 32.1. The van der Waals surface area contributed by atoms with E-state index >= 15 is 0 Å². The van der Waals surface area contributed by atoms with Gasteiger partial charge in [0, 0.05) is 17.3 Å². The highest BCUT2D eigenvalue weighted by Crippen LogP contribution is 2.34. The van der Waals surface area contributed by atoms with E-state index in [-0.39, 0.29) is 5.82 Å². The third kappa shape index (κ3) is 3.99. The first-order valence-electron chi connectivity index (χ1n) is 8.64. The van der Waals surface area contributed by atoms with Crippen LogP contribution in [-0.4, -0.2) is 30.1 Å². The number of aryl methyl sites for hydroxylation is 2. The summed E-state index contributed by atoms with van der Waals surface area (Å²) in [6, 6.07) is 3.45. The second kappa shape index (κ2) is 7.78. The summed E-state index contributed by atoms with van der Waals surface area (Å²) in [5.74, 6) is -0.895. The maximum absolute atomic E-state index is 12.7. The zero-order valence-corrected chi connectivity index (χ0v) is 16.6. The molecule has 0 spiro atoms. The standard InChI is InChI=1S/C18H14F3N7OS/c1-10-15(11(2)25-9-24-10)28(14-7-22-5-6-23-14)8-12-3-4-13(30-12)16-26-17(29-27-16)18(19,20)21/h3-7,9H,8H2,1-2H3. The van der Waals surface area contributed by atoms with Crippen LogP contribution in [0.2, 0.25) is 0 Å². The minimum Gasteiger partial charge on any atom is -0.329 e. The average molecular weight is 433 g/mol. The zero-order valence-electron chi connectivity index (χ0n) is 15.8. The Morgan fingerprint density at radius 2 is 1.83 bits per heavy atom. The molecule has 0 atom stereocenters. The first-order valence-corrected chi connectivity index (χ1v) is 9.46. The fraction of sp³-hybridized carbons (Fsp3) is 0.222. The van der Waals surface area contributed by atoms with E-state index in [2.05, 4.69) is 34.6 Å². The molecule has 0 saturated carbocycles. The Morgan fingerprint density at radius 3 is 2.47 bits per heavy atom. The molecule has 154 valence electrons. The van der Waals surface area contributed by atoms with Gasteiger partial charge < -0.3 is 9.42 Å². The van der Waals surface area contributed by atoms with Crippen molar-refractivity contribution in [2.45, 2.75) is 26.6 Å². The molecular weight excluding hydrogens is 419 g/mol. The van der Waals surface area contributed by atoms with Gasteiger partial charge in [-0.15, -0.1) is 11.3 Å². The van der Waals surface area contributed by atoms with Crippen molar-refractivity contribution in [1.29, 1.82) is 0 Å². The minimum absolute atomic E-state index is 0.111. The van der Waals surface area contributed by atoms with Crippen molar-refractivity contribution in [1.82, 2.24) is 30.1 Å². The van der Waals surface area contributed by atoms with Gasteiger partial charge in [0.05, 0.1) is 34.7 Å². The average Bonchev–Trinajstić information content (AvgIpc) is 3.37. The van der Waals surface area contributed by atoms with E-state index < -0.39 is 12.1 Å². The van der Waals surface area contributed by atoms with Gasteiger partial charge in [-0.25, -0.2) is 15.0 Å². The van der Waals surface area contributed by atoms with Crippen LogP contribution in [0, 0.1) is 13.8 Å². The van der Waals surface area contributed by atoms with Gasteiger partial charge in [0.25, 0.3) is 0 Å². The number of anilines is 2. The molecule has 0 fully saturated rings. The monoisotopic (exact) mass is 433 g/mol. The Bertz CT molecular complexity index is 1140. The third-order valence-corrected chi connectivity index (χ3v) is 5.21. The first-order chi connectivity index (χ1) is 14.3. The normalized spacial score (nSPS) is 11.6. The number of aromatic nitrogens is 6. The van der Waals surface area contributed by atoms with E-state index in [1.165, 1.54) is 17.7 Å². The van der Waals surface area contributed by atoms with E-state index in [9.17, 15) is 13.2 Å². The second-order valence-electron chi connectivity index (χ2n) is 6.23. The Kier molecular flexibility index (Phi) is 5.16. The van der Waals surface area contributed by atoms with Crippen LogP contribution in [0.25, 0.3) is 10.7 Å². The molecule has 0 saturated heterocycles. The Labute approximate surface area is 172 Å². The maximum Gasteiger partial charge on any atom is 0.471 e. The topological polar surface area (TPSA) is 93.7 Å². The van der Waals surface area contributed by atoms with Gasteiger partial charge >= 0.3 is 12.1 Å². The molecule has 0 bridgehead atoms. The number of rotatable bonds is 5. The van der Waals surface area contributed by atoms with Crippen LogP contribution in [0.15, 0.2) is 41.6 Å². The van der Waals surface area contributed by atoms with Crippen molar-refractivity contribution in [3.63, 3.8) is 0 Å². The van der Waals surface area contributed by atoms with Gasteiger partial charge in [0.1, 0.15) is 6.33 Å². The summed E-state index contributed by atoms with van der Waals surface area (Å²) in [6.45, 7) is 4.11. The molecule has 4 aromatic heterocycles. The predicted octanol–water partition coefficient (Wildman–Crippen LogP) is 4.35. The van der Waals surface area contributed by atoms with Crippen molar-refractivity contribution < 1.29 is 17.7 Å². The molecule has 12 heteroatoms. The molecule has 30 heavy (non-hydrogen) atoms. The molecule has 0 aliphatic carbocycles. The van der Waals surface area contributed by atoms with Crippen LogP contribution in [-0.2, 0) is 12.7 Å². The number of halogens is 3. The van der Waals surface area contributed by atoms with Crippen LogP contribution < -0.4 is 4.90 Å². The second-order valence-corrected chi connectivity index (χ2v) is 7.40. The molecule has 0 aliphatic heterocycles. The number of thiophene rings is 1. The Morgan fingerprint density at radius 1 is 1.07 bits per heavy atom. The minimum atomic E-state index is -4.68. The van der Waals surface area contributed by atoms with Crippen LogP contribution in [0.3, 0.4) is 0 Å². The summed E-state index contributed by atoms with van der Waals surface area (Å²) < 4.78 is 42.5. The lowest BCUT2D eigenvalue weighted by atomic mass is 10.2. The largest absolute Gasteiger partial charge is 0.471 e. The Hall–Kier alpha value is -3.41. The van der Waals surface area contributed by atoms with E-state index in [1.54, 1.807) is 30.7 Å². The quantitative estimate of drug-likeness (QED) is 0.459. The number of nitrogens with zero attached hydrogens (tertiary/aromatic N) is 7. The number of hydrogen-bond donors (Lipinski definition) is 0. The van der Waals surface area contributed by atoms with Crippen molar-refractivity contribution in [3.8, 4) is 10.7 Å². The summed E-state index contributed by atoms with van der Waals surface area (Å²) in [6.07, 6.45) is 1.57. The fourth-order valence-electron chi connectivity index (χ4n) is 2.86. The summed E-state index contributed by atoms with van der Waals surface area (Å²) >= 11 is 1.26. The van der Waals surface area contributed by atoms with Gasteiger partial charge in [0.2, 0.25) is 5.82 Å². The van der Waals surface area contributed by atoms with Gasteiger partial charge in [-0.1, -0.05) is 5.16 Å². The lowest BCUT2D eigenvalue weighted by molar-refractivity contribution is -0.159. The predicted molar refractivity (Wildman–Crippen MR) is 102 cm³/mol. The van der Waals surface area contributed by atoms with E-state index in [0.29, 0.717) is 17.2 Å². The van der Waals surface area contributed by atoms with E-state index in [1.807, 2.05) is 18.7 Å². The van der Waals surface area contributed by atoms with Crippen LogP contribution in [0.4, 0.5) is 24.7 Å². The number of alkyl halides is 3. The van der Waals surface area contributed by atoms with Gasteiger partial charge in [-0.3, -0.25) is 4.98 Å². The summed E-state index contributed by atoms with van der Waals surface area (Å²) in [7, 11) is 0. The zero-order chi connectivity index (χ0) is 21.3. The van der Waals surface area contributed by atoms with E-state index in [4.69, 9.17) is 0 Å². The molecular formula is C18H14F3N7OS. The summed E-state index contributed by atoms with van der Waals surface area (Å²) in [5, 5.41) is 3.44. The smallest absolute Gasteiger partial charge is 0.329 e. The molecule has 0 amide bonds. The molecule has 0 N–H and O–H groups in total.